The first kappa shape index (κ1) is 15.0. The predicted molar refractivity (Wildman–Crippen MR) is 71.4 cm³/mol. The summed E-state index contributed by atoms with van der Waals surface area (Å²) < 4.78 is 5.30. The van der Waals surface area contributed by atoms with Gasteiger partial charge in [-0.05, 0) is 19.4 Å². The number of carboxylic acid groups (broad SMARTS) is 1. The molecule has 0 aromatic heterocycles. The molecule has 0 radical (unpaired) electrons. The first-order valence-electron chi connectivity index (χ1n) is 6.06. The van der Waals surface area contributed by atoms with E-state index in [0.717, 1.165) is 16.7 Å². The van der Waals surface area contributed by atoms with Gasteiger partial charge in [0.1, 0.15) is 5.75 Å². The Hall–Kier alpha value is -2.04. The van der Waals surface area contributed by atoms with Crippen LogP contribution in [0.15, 0.2) is 12.1 Å². The van der Waals surface area contributed by atoms with E-state index in [1.54, 1.807) is 7.11 Å². The molecule has 0 heterocycles. The molecular weight excluding hydrogens is 246 g/mol. The zero-order valence-electron chi connectivity index (χ0n) is 11.4. The fourth-order valence-electron chi connectivity index (χ4n) is 2.01. The molecule has 19 heavy (non-hydrogen) atoms. The van der Waals surface area contributed by atoms with Crippen molar-refractivity contribution in [1.82, 2.24) is 5.32 Å². The highest BCUT2D eigenvalue weighted by molar-refractivity contribution is 5.80. The minimum Gasteiger partial charge on any atom is -0.496 e. The van der Waals surface area contributed by atoms with Crippen molar-refractivity contribution >= 4 is 11.9 Å². The number of carbonyl (C=O) groups excluding carboxylic acids is 1. The van der Waals surface area contributed by atoms with Crippen LogP contribution in [0.4, 0.5) is 0 Å². The van der Waals surface area contributed by atoms with Crippen molar-refractivity contribution in [1.29, 1.82) is 0 Å². The molecule has 0 bridgehead atoms. The van der Waals surface area contributed by atoms with Crippen LogP contribution in [-0.4, -0.2) is 30.6 Å². The van der Waals surface area contributed by atoms with E-state index in [1.807, 2.05) is 26.0 Å². The highest BCUT2D eigenvalue weighted by Gasteiger charge is 2.11. The lowest BCUT2D eigenvalue weighted by atomic mass is 10.0. The third kappa shape index (κ3) is 4.62. The topological polar surface area (TPSA) is 75.6 Å². The molecule has 0 aliphatic rings. The van der Waals surface area contributed by atoms with Crippen molar-refractivity contribution in [2.75, 3.05) is 13.7 Å². The maximum atomic E-state index is 11.7. The molecule has 0 fully saturated rings. The molecule has 0 aliphatic carbocycles. The number of rotatable bonds is 6. The fourth-order valence-corrected chi connectivity index (χ4v) is 2.01. The first-order valence-corrected chi connectivity index (χ1v) is 6.06. The number of hydrogen-bond acceptors (Lipinski definition) is 3. The molecule has 0 saturated heterocycles. The van der Waals surface area contributed by atoms with Gasteiger partial charge in [0.25, 0.3) is 0 Å². The minimum atomic E-state index is -0.927. The Balaban J connectivity index is 2.70. The summed E-state index contributed by atoms with van der Waals surface area (Å²) in [7, 11) is 1.57. The third-order valence-corrected chi connectivity index (χ3v) is 2.71. The summed E-state index contributed by atoms with van der Waals surface area (Å²) in [5.74, 6) is -0.423. The number of amides is 1. The van der Waals surface area contributed by atoms with Gasteiger partial charge >= 0.3 is 5.97 Å². The van der Waals surface area contributed by atoms with Crippen molar-refractivity contribution in [3.8, 4) is 5.75 Å². The van der Waals surface area contributed by atoms with E-state index in [9.17, 15) is 9.59 Å². The monoisotopic (exact) mass is 265 g/mol. The van der Waals surface area contributed by atoms with E-state index in [-0.39, 0.29) is 25.3 Å². The standard InChI is InChI=1S/C14H19NO4/c1-9-6-10(2)14(19-3)11(7-9)8-12(16)15-5-4-13(17)18/h6-7H,4-5,8H2,1-3H3,(H,15,16)(H,17,18). The van der Waals surface area contributed by atoms with Crippen molar-refractivity contribution in [3.05, 3.63) is 28.8 Å². The Morgan fingerprint density at radius 1 is 1.32 bits per heavy atom. The van der Waals surface area contributed by atoms with Gasteiger partial charge in [0, 0.05) is 12.1 Å². The van der Waals surface area contributed by atoms with E-state index in [4.69, 9.17) is 9.84 Å². The molecule has 0 spiro atoms. The lowest BCUT2D eigenvalue weighted by molar-refractivity contribution is -0.136. The Kier molecular flexibility index (Phi) is 5.36. The maximum Gasteiger partial charge on any atom is 0.305 e. The normalized spacial score (nSPS) is 10.1. The molecule has 2 N–H and O–H groups in total. The van der Waals surface area contributed by atoms with E-state index < -0.39 is 5.97 Å². The summed E-state index contributed by atoms with van der Waals surface area (Å²) in [4.78, 5) is 22.1. The SMILES string of the molecule is COc1c(C)cc(C)cc1CC(=O)NCCC(=O)O. The molecule has 0 atom stereocenters. The first-order chi connectivity index (χ1) is 8.93. The average molecular weight is 265 g/mol. The Morgan fingerprint density at radius 2 is 2.00 bits per heavy atom. The van der Waals surface area contributed by atoms with Crippen LogP contribution >= 0.6 is 0 Å². The maximum absolute atomic E-state index is 11.7. The molecule has 5 nitrogen and oxygen atoms in total. The zero-order valence-corrected chi connectivity index (χ0v) is 11.4. The van der Waals surface area contributed by atoms with Gasteiger partial charge in [-0.3, -0.25) is 9.59 Å². The second kappa shape index (κ2) is 6.78. The van der Waals surface area contributed by atoms with Gasteiger partial charge in [0.15, 0.2) is 0 Å². The van der Waals surface area contributed by atoms with Crippen LogP contribution in [0.25, 0.3) is 0 Å². The van der Waals surface area contributed by atoms with Crippen LogP contribution in [-0.2, 0) is 16.0 Å². The Labute approximate surface area is 112 Å². The summed E-state index contributed by atoms with van der Waals surface area (Å²) in [5, 5.41) is 11.1. The lowest BCUT2D eigenvalue weighted by Gasteiger charge is -2.12. The van der Waals surface area contributed by atoms with Gasteiger partial charge in [0.05, 0.1) is 20.0 Å². The highest BCUT2D eigenvalue weighted by atomic mass is 16.5. The Morgan fingerprint density at radius 3 is 2.58 bits per heavy atom. The average Bonchev–Trinajstić information content (AvgIpc) is 2.27. The van der Waals surface area contributed by atoms with Gasteiger partial charge in [-0.25, -0.2) is 0 Å². The number of hydrogen-bond donors (Lipinski definition) is 2. The van der Waals surface area contributed by atoms with Crippen LogP contribution in [0.5, 0.6) is 5.75 Å². The third-order valence-electron chi connectivity index (χ3n) is 2.71. The van der Waals surface area contributed by atoms with Gasteiger partial charge in [-0.15, -0.1) is 0 Å². The van der Waals surface area contributed by atoms with Crippen LogP contribution in [0.3, 0.4) is 0 Å². The molecule has 1 rings (SSSR count). The largest absolute Gasteiger partial charge is 0.496 e. The molecule has 1 aromatic carbocycles. The number of carbonyl (C=O) groups is 2. The number of benzene rings is 1. The highest BCUT2D eigenvalue weighted by Crippen LogP contribution is 2.25. The molecule has 0 saturated carbocycles. The van der Waals surface area contributed by atoms with Crippen molar-refractivity contribution in [3.63, 3.8) is 0 Å². The zero-order chi connectivity index (χ0) is 14.4. The summed E-state index contributed by atoms with van der Waals surface area (Å²) in [6, 6.07) is 3.90. The van der Waals surface area contributed by atoms with E-state index >= 15 is 0 Å². The quantitative estimate of drug-likeness (QED) is 0.816. The van der Waals surface area contributed by atoms with Crippen LogP contribution < -0.4 is 10.1 Å². The van der Waals surface area contributed by atoms with E-state index in [1.165, 1.54) is 0 Å². The Bertz CT molecular complexity index is 483. The second-order valence-corrected chi connectivity index (χ2v) is 4.44. The molecule has 1 amide bonds. The number of aliphatic carboxylic acids is 1. The van der Waals surface area contributed by atoms with Gasteiger partial charge < -0.3 is 15.2 Å². The predicted octanol–water partition coefficient (Wildman–Crippen LogP) is 1.45. The molecule has 104 valence electrons. The summed E-state index contributed by atoms with van der Waals surface area (Å²) in [6.07, 6.45) is 0.112. The number of methoxy groups -OCH3 is 1. The van der Waals surface area contributed by atoms with Gasteiger partial charge in [-0.2, -0.15) is 0 Å². The summed E-state index contributed by atoms with van der Waals surface area (Å²) in [6.45, 7) is 4.03. The summed E-state index contributed by atoms with van der Waals surface area (Å²) in [5.41, 5.74) is 2.86. The smallest absolute Gasteiger partial charge is 0.305 e. The molecule has 0 aliphatic heterocycles. The van der Waals surface area contributed by atoms with Crippen molar-refractivity contribution in [2.45, 2.75) is 26.7 Å². The van der Waals surface area contributed by atoms with Crippen molar-refractivity contribution in [2.24, 2.45) is 0 Å². The number of nitrogens with one attached hydrogen (secondary N) is 1. The molecule has 5 heteroatoms. The van der Waals surface area contributed by atoms with Crippen molar-refractivity contribution < 1.29 is 19.4 Å². The van der Waals surface area contributed by atoms with Crippen LogP contribution in [0.2, 0.25) is 0 Å². The summed E-state index contributed by atoms with van der Waals surface area (Å²) >= 11 is 0. The van der Waals surface area contributed by atoms with Gasteiger partial charge in [0.2, 0.25) is 5.91 Å². The number of ether oxygens (including phenoxy) is 1. The van der Waals surface area contributed by atoms with Gasteiger partial charge in [-0.1, -0.05) is 17.7 Å². The fraction of sp³-hybridized carbons (Fsp3) is 0.429. The van der Waals surface area contributed by atoms with Crippen LogP contribution in [0.1, 0.15) is 23.1 Å². The lowest BCUT2D eigenvalue weighted by Crippen LogP contribution is -2.27. The molecule has 0 unspecified atom stereocenters. The number of carboxylic acids is 1. The number of aryl methyl sites for hydroxylation is 2. The van der Waals surface area contributed by atoms with E-state index in [2.05, 4.69) is 5.32 Å². The molecular formula is C14H19NO4. The van der Waals surface area contributed by atoms with Crippen LogP contribution in [0, 0.1) is 13.8 Å². The second-order valence-electron chi connectivity index (χ2n) is 4.44. The minimum absolute atomic E-state index is 0.0737. The van der Waals surface area contributed by atoms with E-state index in [0.29, 0.717) is 5.75 Å². The molecule has 1 aromatic rings.